The van der Waals surface area contributed by atoms with Gasteiger partial charge in [-0.2, -0.15) is 0 Å². The van der Waals surface area contributed by atoms with Gasteiger partial charge in [0.2, 0.25) is 0 Å². The standard InChI is InChI=1S/C23H24N2O4S/c1-17-4-6-18(7-5-17)16-24-23(26)19-8-10-20(11-9-19)25(2)30(27,28)22-14-12-21(29-3)13-15-22/h4-15H,16H2,1-3H3,(H,24,26). The second kappa shape index (κ2) is 9.00. The van der Waals surface area contributed by atoms with Gasteiger partial charge in [0, 0.05) is 19.2 Å². The highest BCUT2D eigenvalue weighted by molar-refractivity contribution is 7.92. The Morgan fingerprint density at radius 3 is 2.10 bits per heavy atom. The minimum atomic E-state index is -3.72. The molecule has 1 amide bonds. The van der Waals surface area contributed by atoms with E-state index in [0.717, 1.165) is 11.1 Å². The van der Waals surface area contributed by atoms with Crippen LogP contribution >= 0.6 is 0 Å². The molecule has 3 aromatic carbocycles. The van der Waals surface area contributed by atoms with Gasteiger partial charge in [-0.15, -0.1) is 0 Å². The number of methoxy groups -OCH3 is 1. The number of nitrogens with one attached hydrogen (secondary N) is 1. The largest absolute Gasteiger partial charge is 0.497 e. The van der Waals surface area contributed by atoms with E-state index in [1.54, 1.807) is 36.4 Å². The van der Waals surface area contributed by atoms with Gasteiger partial charge in [-0.25, -0.2) is 8.42 Å². The van der Waals surface area contributed by atoms with E-state index in [-0.39, 0.29) is 10.8 Å². The molecular formula is C23H24N2O4S. The number of benzene rings is 3. The van der Waals surface area contributed by atoms with Gasteiger partial charge in [-0.05, 0) is 61.0 Å². The lowest BCUT2D eigenvalue weighted by molar-refractivity contribution is 0.0951. The predicted octanol–water partition coefficient (Wildman–Crippen LogP) is 3.76. The average Bonchev–Trinajstić information content (AvgIpc) is 2.78. The smallest absolute Gasteiger partial charge is 0.264 e. The molecule has 0 heterocycles. The molecular weight excluding hydrogens is 400 g/mol. The van der Waals surface area contributed by atoms with E-state index in [4.69, 9.17) is 4.74 Å². The average molecular weight is 425 g/mol. The molecule has 3 rings (SSSR count). The normalized spacial score (nSPS) is 11.0. The van der Waals surface area contributed by atoms with Crippen molar-refractivity contribution >= 4 is 21.6 Å². The molecule has 0 aliphatic rings. The van der Waals surface area contributed by atoms with E-state index in [1.165, 1.54) is 30.6 Å². The van der Waals surface area contributed by atoms with Crippen molar-refractivity contribution in [3.05, 3.63) is 89.5 Å². The summed E-state index contributed by atoms with van der Waals surface area (Å²) in [4.78, 5) is 12.5. The Kier molecular flexibility index (Phi) is 6.42. The minimum Gasteiger partial charge on any atom is -0.497 e. The van der Waals surface area contributed by atoms with Gasteiger partial charge in [0.15, 0.2) is 0 Å². The number of aryl methyl sites for hydroxylation is 1. The van der Waals surface area contributed by atoms with Gasteiger partial charge in [-0.3, -0.25) is 9.10 Å². The summed E-state index contributed by atoms with van der Waals surface area (Å²) in [7, 11) is -0.723. The molecule has 6 nitrogen and oxygen atoms in total. The Balaban J connectivity index is 1.68. The molecule has 0 saturated heterocycles. The molecule has 0 spiro atoms. The van der Waals surface area contributed by atoms with Crippen molar-refractivity contribution in [3.63, 3.8) is 0 Å². The molecule has 0 aromatic heterocycles. The van der Waals surface area contributed by atoms with E-state index in [0.29, 0.717) is 23.5 Å². The number of hydrogen-bond donors (Lipinski definition) is 1. The second-order valence-electron chi connectivity index (χ2n) is 6.86. The Labute approximate surface area is 177 Å². The van der Waals surface area contributed by atoms with Gasteiger partial charge in [-0.1, -0.05) is 29.8 Å². The first-order chi connectivity index (χ1) is 14.3. The lowest BCUT2D eigenvalue weighted by Crippen LogP contribution is -2.27. The summed E-state index contributed by atoms with van der Waals surface area (Å²) in [6.45, 7) is 2.43. The number of ether oxygens (including phenoxy) is 1. The number of rotatable bonds is 7. The fourth-order valence-corrected chi connectivity index (χ4v) is 4.05. The molecule has 7 heteroatoms. The van der Waals surface area contributed by atoms with Crippen molar-refractivity contribution in [1.82, 2.24) is 5.32 Å². The third-order valence-corrected chi connectivity index (χ3v) is 6.58. The van der Waals surface area contributed by atoms with Gasteiger partial charge < -0.3 is 10.1 Å². The lowest BCUT2D eigenvalue weighted by Gasteiger charge is -2.20. The summed E-state index contributed by atoms with van der Waals surface area (Å²) in [5.74, 6) is 0.361. The highest BCUT2D eigenvalue weighted by Crippen LogP contribution is 2.24. The summed E-state index contributed by atoms with van der Waals surface area (Å²) in [5, 5.41) is 2.87. The molecule has 0 radical (unpaired) electrons. The number of carbonyl (C=O) groups is 1. The Morgan fingerprint density at radius 2 is 1.53 bits per heavy atom. The molecule has 1 N–H and O–H groups in total. The number of amides is 1. The van der Waals surface area contributed by atoms with Crippen LogP contribution in [0.3, 0.4) is 0 Å². The summed E-state index contributed by atoms with van der Waals surface area (Å²) >= 11 is 0. The first-order valence-electron chi connectivity index (χ1n) is 9.38. The van der Waals surface area contributed by atoms with E-state index < -0.39 is 10.0 Å². The zero-order valence-corrected chi connectivity index (χ0v) is 17.9. The topological polar surface area (TPSA) is 75.7 Å². The third-order valence-electron chi connectivity index (χ3n) is 4.78. The molecule has 0 bridgehead atoms. The molecule has 0 saturated carbocycles. The zero-order valence-electron chi connectivity index (χ0n) is 17.1. The summed E-state index contributed by atoms with van der Waals surface area (Å²) in [5.41, 5.74) is 3.09. The van der Waals surface area contributed by atoms with Crippen molar-refractivity contribution in [2.45, 2.75) is 18.4 Å². The van der Waals surface area contributed by atoms with Crippen LogP contribution in [0.2, 0.25) is 0 Å². The molecule has 3 aromatic rings. The van der Waals surface area contributed by atoms with Crippen LogP contribution in [0.1, 0.15) is 21.5 Å². The Morgan fingerprint density at radius 1 is 0.933 bits per heavy atom. The van der Waals surface area contributed by atoms with E-state index in [2.05, 4.69) is 5.32 Å². The Hall–Kier alpha value is -3.32. The van der Waals surface area contributed by atoms with Crippen molar-refractivity contribution in [1.29, 1.82) is 0 Å². The van der Waals surface area contributed by atoms with E-state index in [1.807, 2.05) is 31.2 Å². The van der Waals surface area contributed by atoms with E-state index >= 15 is 0 Å². The highest BCUT2D eigenvalue weighted by atomic mass is 32.2. The molecule has 0 unspecified atom stereocenters. The maximum Gasteiger partial charge on any atom is 0.264 e. The van der Waals surface area contributed by atoms with Crippen molar-refractivity contribution in [2.24, 2.45) is 0 Å². The Bertz CT molecular complexity index is 1110. The summed E-state index contributed by atoms with van der Waals surface area (Å²) in [6, 6.07) is 20.6. The van der Waals surface area contributed by atoms with Gasteiger partial charge >= 0.3 is 0 Å². The minimum absolute atomic E-state index is 0.158. The molecule has 0 atom stereocenters. The molecule has 156 valence electrons. The fourth-order valence-electron chi connectivity index (χ4n) is 2.86. The van der Waals surface area contributed by atoms with Crippen LogP contribution in [0.15, 0.2) is 77.7 Å². The zero-order chi connectivity index (χ0) is 21.7. The highest BCUT2D eigenvalue weighted by Gasteiger charge is 2.21. The molecule has 30 heavy (non-hydrogen) atoms. The van der Waals surface area contributed by atoms with Crippen molar-refractivity contribution in [3.8, 4) is 5.75 Å². The lowest BCUT2D eigenvalue weighted by atomic mass is 10.1. The first kappa shape index (κ1) is 21.4. The second-order valence-corrected chi connectivity index (χ2v) is 8.83. The SMILES string of the molecule is COc1ccc(S(=O)(=O)N(C)c2ccc(C(=O)NCc3ccc(C)cc3)cc2)cc1. The fraction of sp³-hybridized carbons (Fsp3) is 0.174. The van der Waals surface area contributed by atoms with Crippen LogP contribution in [0.5, 0.6) is 5.75 Å². The molecule has 0 aliphatic carbocycles. The molecule has 0 aliphatic heterocycles. The van der Waals surface area contributed by atoms with Crippen LogP contribution in [0.25, 0.3) is 0 Å². The van der Waals surface area contributed by atoms with E-state index in [9.17, 15) is 13.2 Å². The first-order valence-corrected chi connectivity index (χ1v) is 10.8. The van der Waals surface area contributed by atoms with Crippen LogP contribution in [-0.2, 0) is 16.6 Å². The van der Waals surface area contributed by atoms with Crippen LogP contribution in [0, 0.1) is 6.92 Å². The number of anilines is 1. The molecule has 0 fully saturated rings. The van der Waals surface area contributed by atoms with Crippen molar-refractivity contribution in [2.75, 3.05) is 18.5 Å². The number of carbonyl (C=O) groups excluding carboxylic acids is 1. The number of sulfonamides is 1. The maximum atomic E-state index is 12.8. The van der Waals surface area contributed by atoms with Crippen LogP contribution in [0.4, 0.5) is 5.69 Å². The third kappa shape index (κ3) is 4.80. The summed E-state index contributed by atoms with van der Waals surface area (Å²) in [6.07, 6.45) is 0. The van der Waals surface area contributed by atoms with Crippen LogP contribution < -0.4 is 14.4 Å². The number of nitrogens with zero attached hydrogens (tertiary/aromatic N) is 1. The van der Waals surface area contributed by atoms with Gasteiger partial charge in [0.25, 0.3) is 15.9 Å². The predicted molar refractivity (Wildman–Crippen MR) is 117 cm³/mol. The van der Waals surface area contributed by atoms with Gasteiger partial charge in [0.05, 0.1) is 17.7 Å². The van der Waals surface area contributed by atoms with Crippen molar-refractivity contribution < 1.29 is 17.9 Å². The van der Waals surface area contributed by atoms with Crippen LogP contribution in [-0.4, -0.2) is 28.5 Å². The monoisotopic (exact) mass is 424 g/mol. The quantitative estimate of drug-likeness (QED) is 0.627. The maximum absolute atomic E-state index is 12.8. The summed E-state index contributed by atoms with van der Waals surface area (Å²) < 4.78 is 31.9. The number of hydrogen-bond acceptors (Lipinski definition) is 4. The van der Waals surface area contributed by atoms with Gasteiger partial charge in [0.1, 0.15) is 5.75 Å².